The number of aryl methyl sites for hydroxylation is 4. The molecule has 0 amide bonds. The molecule has 4 aromatic rings. The Morgan fingerprint density at radius 3 is 0.917 bits per heavy atom. The molecular weight excluding hydrogens is 887 g/mol. The van der Waals surface area contributed by atoms with E-state index in [1.54, 1.807) is 0 Å². The van der Waals surface area contributed by atoms with Crippen LogP contribution in [0.1, 0.15) is 22.3 Å². The van der Waals surface area contributed by atoms with Crippen molar-refractivity contribution in [3.8, 4) is 0 Å². The van der Waals surface area contributed by atoms with Crippen molar-refractivity contribution < 1.29 is 35.3 Å². The minimum absolute atomic E-state index is 0.431. The molecule has 0 fully saturated rings. The van der Waals surface area contributed by atoms with Gasteiger partial charge in [0, 0.05) is 0 Å². The van der Waals surface area contributed by atoms with E-state index < -0.39 is 44.7 Å². The number of hydrogen-bond acceptors (Lipinski definition) is 0. The number of hydrogen-bond donors (Lipinski definition) is 0. The molecule has 4 rings (SSSR count). The molecule has 0 bridgehead atoms. The fraction of sp³-hybridized carbons (Fsp3) is 0.200. The first-order chi connectivity index (χ1) is 17.3. The van der Waals surface area contributed by atoms with Crippen LogP contribution in [0.5, 0.6) is 0 Å². The van der Waals surface area contributed by atoms with Gasteiger partial charge in [0.1, 0.15) is 0 Å². The molecule has 0 spiro atoms. The van der Waals surface area contributed by atoms with E-state index in [1.807, 2.05) is 0 Å². The summed E-state index contributed by atoms with van der Waals surface area (Å²) in [5.74, 6) is 0. The molecule has 36 heavy (non-hydrogen) atoms. The van der Waals surface area contributed by atoms with Gasteiger partial charge in [-0.25, -0.2) is 0 Å². The van der Waals surface area contributed by atoms with Crippen molar-refractivity contribution in [3.05, 3.63) is 119 Å². The summed E-state index contributed by atoms with van der Waals surface area (Å²) in [5, 5.41) is 5.79. The van der Waals surface area contributed by atoms with E-state index in [4.69, 9.17) is 18.4 Å². The fourth-order valence-corrected chi connectivity index (χ4v) is 30.9. The Morgan fingerprint density at radius 2 is 0.722 bits per heavy atom. The van der Waals surface area contributed by atoms with E-state index in [0.717, 1.165) is 12.3 Å². The van der Waals surface area contributed by atoms with Gasteiger partial charge in [0.15, 0.2) is 0 Å². The first kappa shape index (κ1) is 28.8. The Bertz CT molecular complexity index is 1280. The molecule has 0 N–H and O–H groups in total. The molecule has 0 radical (unpaired) electrons. The zero-order chi connectivity index (χ0) is 25.8. The van der Waals surface area contributed by atoms with Crippen LogP contribution in [0.3, 0.4) is 0 Å². The van der Waals surface area contributed by atoms with E-state index in [-0.39, 0.29) is 0 Å². The van der Waals surface area contributed by atoms with Gasteiger partial charge >= 0.3 is 244 Å². The summed E-state index contributed by atoms with van der Waals surface area (Å²) in [5.41, 5.74) is 5.22. The second-order valence-corrected chi connectivity index (χ2v) is 32.1. The van der Waals surface area contributed by atoms with Crippen LogP contribution in [-0.4, -0.2) is 12.3 Å². The van der Waals surface area contributed by atoms with E-state index >= 15 is 0 Å². The van der Waals surface area contributed by atoms with Gasteiger partial charge in [-0.3, -0.25) is 0 Å². The summed E-state index contributed by atoms with van der Waals surface area (Å²) in [7, 11) is 14.3. The summed E-state index contributed by atoms with van der Waals surface area (Å²) in [6, 6.07) is 36.5. The van der Waals surface area contributed by atoms with E-state index in [0.29, 0.717) is 0 Å². The molecule has 0 nitrogen and oxygen atoms in total. The van der Waals surface area contributed by atoms with Crippen LogP contribution >= 0.6 is 27.8 Å². The molecule has 198 valence electrons. The van der Waals surface area contributed by atoms with Gasteiger partial charge in [0.05, 0.1) is 0 Å². The first-order valence-corrected chi connectivity index (χ1v) is 26.6. The molecule has 0 saturated carbocycles. The molecule has 0 aliphatic heterocycles. The van der Waals surface area contributed by atoms with E-state index in [9.17, 15) is 0 Å². The van der Waals surface area contributed by atoms with Crippen molar-refractivity contribution >= 4 is 49.0 Å². The monoisotopic (exact) mass is 918 g/mol. The Kier molecular flexibility index (Phi) is 10.2. The van der Waals surface area contributed by atoms with Crippen molar-refractivity contribution in [2.24, 2.45) is 0 Å². The minimum atomic E-state index is -1.76. The maximum absolute atomic E-state index is 7.15. The Hall–Kier alpha value is -0.199. The molecule has 6 heteroatoms. The molecule has 0 atom stereocenters. The predicted octanol–water partition coefficient (Wildman–Crippen LogP) is 7.86. The van der Waals surface area contributed by atoms with Gasteiger partial charge in [0.25, 0.3) is 0 Å². The third-order valence-corrected chi connectivity index (χ3v) is 34.9. The molecule has 0 heterocycles. The zero-order valence-corrected chi connectivity index (χ0v) is 28.5. The van der Waals surface area contributed by atoms with Crippen LogP contribution in [-0.2, 0) is 35.3 Å². The van der Waals surface area contributed by atoms with Crippen LogP contribution < -0.4 is 21.2 Å². The van der Waals surface area contributed by atoms with Crippen molar-refractivity contribution in [3.63, 3.8) is 0 Å². The predicted molar refractivity (Wildman–Crippen MR) is 159 cm³/mol. The van der Waals surface area contributed by atoms with Crippen molar-refractivity contribution in [2.75, 3.05) is 12.3 Å². The van der Waals surface area contributed by atoms with Crippen molar-refractivity contribution in [1.29, 1.82) is 0 Å². The zero-order valence-electron chi connectivity index (χ0n) is 20.9. The average Bonchev–Trinajstić information content (AvgIpc) is 2.87. The van der Waals surface area contributed by atoms with Crippen LogP contribution in [0, 0.1) is 27.7 Å². The quantitative estimate of drug-likeness (QED) is 0.131. The maximum atomic E-state index is 7.15. The molecule has 0 aromatic heterocycles. The second-order valence-electron chi connectivity index (χ2n) is 9.22. The van der Waals surface area contributed by atoms with Crippen molar-refractivity contribution in [2.45, 2.75) is 27.7 Å². The molecule has 0 aliphatic carbocycles. The Morgan fingerprint density at radius 1 is 0.472 bits per heavy atom. The molecule has 0 aliphatic rings. The van der Waals surface area contributed by atoms with Gasteiger partial charge in [-0.15, -0.1) is 0 Å². The summed E-state index contributed by atoms with van der Waals surface area (Å²) in [4.78, 5) is 0. The average molecular weight is 919 g/mol. The number of halogens is 2. The van der Waals surface area contributed by atoms with Crippen LogP contribution in [0.25, 0.3) is 0 Å². The molecule has 0 saturated heterocycles. The molecular formula is C30H32Au2Cl2P2. The van der Waals surface area contributed by atoms with Gasteiger partial charge < -0.3 is 0 Å². The summed E-state index contributed by atoms with van der Waals surface area (Å²) >= 11 is -0.863. The van der Waals surface area contributed by atoms with Gasteiger partial charge in [0.2, 0.25) is 0 Å². The number of benzene rings is 4. The summed E-state index contributed by atoms with van der Waals surface area (Å²) in [6.07, 6.45) is 2.20. The normalized spacial score (nSPS) is 12.3. The molecule has 4 aromatic carbocycles. The van der Waals surface area contributed by atoms with E-state index in [2.05, 4.69) is 125 Å². The summed E-state index contributed by atoms with van der Waals surface area (Å²) < 4.78 is -3.53. The molecule has 0 unspecified atom stereocenters. The third kappa shape index (κ3) is 6.17. The summed E-state index contributed by atoms with van der Waals surface area (Å²) in [6.45, 7) is 8.78. The second kappa shape index (κ2) is 12.8. The SMILES string of the molecule is Cc1cccc([P](CC[P](=[Au][Cl])(c2cccc(C)c2)c2cccc(C)c2)(=[Au][Cl])c2cccc(C)c2)c1. The van der Waals surface area contributed by atoms with Crippen molar-refractivity contribution in [1.82, 2.24) is 0 Å². The standard InChI is InChI=1S/C30H32P2.2Au.2ClH/c1-23-9-5-13-27(19-23)31(28-14-6-10-24(2)20-28)17-18-32(29-15-7-11-25(3)21-29)30-16-8-12-26(4)22-30;;;;/h5-16,19-22H,17-18H2,1-4H3;;;2*1H/q;2*+1;;/p-2. The van der Waals surface area contributed by atoms with E-state index in [1.165, 1.54) is 43.5 Å². The van der Waals surface area contributed by atoms with Crippen LogP contribution in [0.4, 0.5) is 0 Å². The van der Waals surface area contributed by atoms with Crippen LogP contribution in [0.15, 0.2) is 97.1 Å². The van der Waals surface area contributed by atoms with Gasteiger partial charge in [-0.05, 0) is 0 Å². The third-order valence-electron chi connectivity index (χ3n) is 6.42. The first-order valence-electron chi connectivity index (χ1n) is 11.8. The Labute approximate surface area is 241 Å². The van der Waals surface area contributed by atoms with Crippen LogP contribution in [0.2, 0.25) is 0 Å². The fourth-order valence-electron chi connectivity index (χ4n) is 4.59. The van der Waals surface area contributed by atoms with Gasteiger partial charge in [-0.2, -0.15) is 0 Å². The number of rotatable bonds is 7. The topological polar surface area (TPSA) is 0 Å². The van der Waals surface area contributed by atoms with Gasteiger partial charge in [-0.1, -0.05) is 0 Å². The Balaban J connectivity index is 1.94.